The van der Waals surface area contributed by atoms with E-state index in [1.54, 1.807) is 12.3 Å². The van der Waals surface area contributed by atoms with Crippen molar-refractivity contribution in [2.75, 3.05) is 0 Å². The van der Waals surface area contributed by atoms with Gasteiger partial charge in [0.2, 0.25) is 0 Å². The third-order valence-corrected chi connectivity index (χ3v) is 5.14. The molecule has 4 rings (SSSR count). The van der Waals surface area contributed by atoms with Crippen LogP contribution < -0.4 is 4.74 Å². The molecule has 1 unspecified atom stereocenters. The Morgan fingerprint density at radius 1 is 1.13 bits per heavy atom. The number of ether oxygens (including phenoxy) is 1. The minimum atomic E-state index is -0.891. The molecule has 0 amide bonds. The van der Waals surface area contributed by atoms with Crippen LogP contribution in [0.3, 0.4) is 0 Å². The maximum absolute atomic E-state index is 11.3. The molecule has 0 saturated heterocycles. The van der Waals surface area contributed by atoms with Crippen molar-refractivity contribution in [1.29, 1.82) is 0 Å². The highest BCUT2D eigenvalue weighted by Gasteiger charge is 2.22. The van der Waals surface area contributed by atoms with Gasteiger partial charge in [-0.15, -0.1) is 0 Å². The smallest absolute Gasteiger partial charge is 0.304 e. The van der Waals surface area contributed by atoms with Gasteiger partial charge in [-0.25, -0.2) is 0 Å². The number of carboxylic acid groups (broad SMARTS) is 1. The third kappa shape index (κ3) is 4.20. The molecule has 0 radical (unpaired) electrons. The highest BCUT2D eigenvalue weighted by Crippen LogP contribution is 2.32. The lowest BCUT2D eigenvalue weighted by Crippen LogP contribution is -2.14. The zero-order chi connectivity index (χ0) is 21.1. The minimum absolute atomic E-state index is 0.0639. The average molecular weight is 405 g/mol. The molecule has 7 nitrogen and oxygen atoms in total. The third-order valence-electron chi connectivity index (χ3n) is 5.14. The molecule has 0 fully saturated rings. The molecule has 2 N–H and O–H groups in total. The van der Waals surface area contributed by atoms with E-state index in [2.05, 4.69) is 41.3 Å². The Morgan fingerprint density at radius 2 is 1.90 bits per heavy atom. The summed E-state index contributed by atoms with van der Waals surface area (Å²) in [5.74, 6) is -0.298. The Morgan fingerprint density at radius 3 is 2.57 bits per heavy atom. The first-order chi connectivity index (χ1) is 14.5. The van der Waals surface area contributed by atoms with Gasteiger partial charge in [0, 0.05) is 17.4 Å². The minimum Gasteiger partial charge on any atom is -0.485 e. The van der Waals surface area contributed by atoms with Crippen LogP contribution in [0.1, 0.15) is 49.1 Å². The predicted octanol–water partition coefficient (Wildman–Crippen LogP) is 4.93. The van der Waals surface area contributed by atoms with Crippen LogP contribution in [-0.4, -0.2) is 26.4 Å². The molecule has 2 aromatic carbocycles. The first kappa shape index (κ1) is 19.7. The summed E-state index contributed by atoms with van der Waals surface area (Å²) in [4.78, 5) is 11.3. The van der Waals surface area contributed by atoms with Crippen LogP contribution in [-0.2, 0) is 4.79 Å². The standard InChI is InChI=1S/C23H23N3O4/c1-14(2)23(16-3-4-17-13-24-25-21(17)11-16)30-18-7-5-15(6-8-18)19(12-22(27)28)20-9-10-29-26-20/h3-11,13-14,19,23H,12H2,1-2H3,(H,24,25)(H,27,28)/t19?,23-/m0/s1. The normalized spacial score (nSPS) is 13.4. The number of aliphatic carboxylic acids is 1. The van der Waals surface area contributed by atoms with Gasteiger partial charge >= 0.3 is 5.97 Å². The Bertz CT molecular complexity index is 1120. The van der Waals surface area contributed by atoms with Crippen LogP contribution in [0.25, 0.3) is 10.9 Å². The van der Waals surface area contributed by atoms with Crippen LogP contribution in [0.15, 0.2) is 65.5 Å². The molecule has 154 valence electrons. The van der Waals surface area contributed by atoms with E-state index in [9.17, 15) is 9.90 Å². The molecule has 0 aliphatic heterocycles. The van der Waals surface area contributed by atoms with Crippen LogP contribution in [0.4, 0.5) is 0 Å². The van der Waals surface area contributed by atoms with Gasteiger partial charge in [-0.05, 0) is 35.2 Å². The maximum atomic E-state index is 11.3. The summed E-state index contributed by atoms with van der Waals surface area (Å²) in [6.45, 7) is 4.23. The van der Waals surface area contributed by atoms with E-state index in [1.807, 2.05) is 30.3 Å². The molecule has 2 aromatic heterocycles. The lowest BCUT2D eigenvalue weighted by atomic mass is 9.92. The Balaban J connectivity index is 1.56. The van der Waals surface area contributed by atoms with Gasteiger partial charge in [-0.1, -0.05) is 43.3 Å². The van der Waals surface area contributed by atoms with Gasteiger partial charge in [0.1, 0.15) is 18.1 Å². The molecule has 0 aliphatic rings. The van der Waals surface area contributed by atoms with E-state index < -0.39 is 5.97 Å². The lowest BCUT2D eigenvalue weighted by molar-refractivity contribution is -0.137. The lowest BCUT2D eigenvalue weighted by Gasteiger charge is -2.23. The number of carboxylic acids is 1. The van der Waals surface area contributed by atoms with Crippen molar-refractivity contribution in [3.63, 3.8) is 0 Å². The Hall–Kier alpha value is -3.61. The van der Waals surface area contributed by atoms with Gasteiger partial charge in [0.05, 0.1) is 23.8 Å². The number of nitrogens with zero attached hydrogens (tertiary/aromatic N) is 2. The summed E-state index contributed by atoms with van der Waals surface area (Å²) in [5.41, 5.74) is 3.48. The van der Waals surface area contributed by atoms with Crippen LogP contribution in [0.2, 0.25) is 0 Å². The molecule has 7 heteroatoms. The van der Waals surface area contributed by atoms with Crippen LogP contribution in [0.5, 0.6) is 5.75 Å². The first-order valence-corrected chi connectivity index (χ1v) is 9.83. The van der Waals surface area contributed by atoms with Gasteiger partial charge in [-0.2, -0.15) is 5.10 Å². The van der Waals surface area contributed by atoms with Crippen molar-refractivity contribution < 1.29 is 19.2 Å². The molecule has 0 spiro atoms. The zero-order valence-electron chi connectivity index (χ0n) is 16.8. The monoisotopic (exact) mass is 405 g/mol. The summed E-state index contributed by atoms with van der Waals surface area (Å²) in [5, 5.41) is 21.3. The molecule has 2 heterocycles. The number of aromatic amines is 1. The molecule has 2 atom stereocenters. The second-order valence-electron chi connectivity index (χ2n) is 7.64. The molecule has 0 saturated carbocycles. The van der Waals surface area contributed by atoms with Crippen molar-refractivity contribution in [1.82, 2.24) is 15.4 Å². The molecular formula is C23H23N3O4. The summed E-state index contributed by atoms with van der Waals surface area (Å²) < 4.78 is 11.2. The van der Waals surface area contributed by atoms with Crippen LogP contribution >= 0.6 is 0 Å². The predicted molar refractivity (Wildman–Crippen MR) is 111 cm³/mol. The number of aromatic nitrogens is 3. The van der Waals surface area contributed by atoms with Crippen molar-refractivity contribution in [3.05, 3.63) is 77.8 Å². The molecule has 0 bridgehead atoms. The van der Waals surface area contributed by atoms with Crippen molar-refractivity contribution >= 4 is 16.9 Å². The maximum Gasteiger partial charge on any atom is 0.304 e. The summed E-state index contributed by atoms with van der Waals surface area (Å²) >= 11 is 0. The van der Waals surface area contributed by atoms with Crippen molar-refractivity contribution in [2.45, 2.75) is 32.3 Å². The fraction of sp³-hybridized carbons (Fsp3) is 0.261. The molecule has 30 heavy (non-hydrogen) atoms. The van der Waals surface area contributed by atoms with E-state index in [0.29, 0.717) is 5.69 Å². The summed E-state index contributed by atoms with van der Waals surface area (Å²) in [7, 11) is 0. The van der Waals surface area contributed by atoms with E-state index in [4.69, 9.17) is 9.26 Å². The van der Waals surface area contributed by atoms with Crippen molar-refractivity contribution in [3.8, 4) is 5.75 Å². The first-order valence-electron chi connectivity index (χ1n) is 9.83. The van der Waals surface area contributed by atoms with E-state index in [1.165, 1.54) is 6.26 Å². The number of carbonyl (C=O) groups is 1. The fourth-order valence-corrected chi connectivity index (χ4v) is 3.62. The van der Waals surface area contributed by atoms with Crippen molar-refractivity contribution in [2.24, 2.45) is 5.92 Å². The second-order valence-corrected chi connectivity index (χ2v) is 7.64. The number of fused-ring (bicyclic) bond motifs is 1. The largest absolute Gasteiger partial charge is 0.485 e. The fourth-order valence-electron chi connectivity index (χ4n) is 3.62. The number of H-pyrrole nitrogens is 1. The number of rotatable bonds is 8. The number of benzene rings is 2. The molecule has 0 aliphatic carbocycles. The highest BCUT2D eigenvalue weighted by atomic mass is 16.5. The summed E-state index contributed by atoms with van der Waals surface area (Å²) in [6, 6.07) is 15.4. The van der Waals surface area contributed by atoms with Gasteiger partial charge in [0.15, 0.2) is 0 Å². The Labute approximate surface area is 173 Å². The molecular weight excluding hydrogens is 382 g/mol. The van der Waals surface area contributed by atoms with Crippen LogP contribution in [0, 0.1) is 5.92 Å². The second kappa shape index (κ2) is 8.41. The van der Waals surface area contributed by atoms with E-state index >= 15 is 0 Å². The molecule has 4 aromatic rings. The van der Waals surface area contributed by atoms with E-state index in [-0.39, 0.29) is 24.4 Å². The quantitative estimate of drug-likeness (QED) is 0.431. The average Bonchev–Trinajstić information content (AvgIpc) is 3.41. The zero-order valence-corrected chi connectivity index (χ0v) is 16.8. The van der Waals surface area contributed by atoms with Gasteiger partial charge in [0.25, 0.3) is 0 Å². The Kier molecular flexibility index (Phi) is 5.52. The van der Waals surface area contributed by atoms with Gasteiger partial charge in [-0.3, -0.25) is 9.89 Å². The summed E-state index contributed by atoms with van der Waals surface area (Å²) in [6.07, 6.45) is 3.05. The number of hydrogen-bond donors (Lipinski definition) is 2. The SMILES string of the molecule is CC(C)[C@H](Oc1ccc(C(CC(=O)O)c2ccon2)cc1)c1ccc2cn[nH]c2c1. The number of nitrogens with one attached hydrogen (secondary N) is 1. The topological polar surface area (TPSA) is 101 Å². The van der Waals surface area contributed by atoms with Gasteiger partial charge < -0.3 is 14.4 Å². The number of hydrogen-bond acceptors (Lipinski definition) is 5. The highest BCUT2D eigenvalue weighted by molar-refractivity contribution is 5.78. The van der Waals surface area contributed by atoms with E-state index in [0.717, 1.165) is 27.8 Å².